The summed E-state index contributed by atoms with van der Waals surface area (Å²) in [7, 11) is -3.99. The standard InChI is InChI=1S/C13H16N2O4S/c1-2-3-10-19-13-8-7-12(16)15(13)20(17,18)11-6-4-5-9-14-11/h4-9,13H,2-3,10H2,1H3. The smallest absolute Gasteiger partial charge is 0.286 e. The van der Waals surface area contributed by atoms with E-state index in [2.05, 4.69) is 4.98 Å². The maximum atomic E-state index is 12.4. The van der Waals surface area contributed by atoms with Crippen LogP contribution in [0.2, 0.25) is 0 Å². The predicted octanol–water partition coefficient (Wildman–Crippen LogP) is 1.31. The number of amides is 1. The van der Waals surface area contributed by atoms with Crippen molar-refractivity contribution in [3.05, 3.63) is 36.5 Å². The Morgan fingerprint density at radius 3 is 2.85 bits per heavy atom. The first-order valence-corrected chi connectivity index (χ1v) is 7.80. The van der Waals surface area contributed by atoms with E-state index in [4.69, 9.17) is 4.74 Å². The number of pyridine rings is 1. The summed E-state index contributed by atoms with van der Waals surface area (Å²) >= 11 is 0. The lowest BCUT2D eigenvalue weighted by Gasteiger charge is -2.23. The number of sulfonamides is 1. The molecule has 0 radical (unpaired) electrons. The Kier molecular flexibility index (Phi) is 4.51. The van der Waals surface area contributed by atoms with Gasteiger partial charge in [-0.3, -0.25) is 4.79 Å². The molecule has 1 aliphatic heterocycles. The molecule has 1 aliphatic rings. The predicted molar refractivity (Wildman–Crippen MR) is 72.1 cm³/mol. The van der Waals surface area contributed by atoms with Gasteiger partial charge >= 0.3 is 0 Å². The third-order valence-corrected chi connectivity index (χ3v) is 4.47. The number of carbonyl (C=O) groups is 1. The van der Waals surface area contributed by atoms with Crippen LogP contribution < -0.4 is 0 Å². The molecule has 1 atom stereocenters. The fourth-order valence-corrected chi connectivity index (χ4v) is 3.12. The van der Waals surface area contributed by atoms with E-state index in [-0.39, 0.29) is 5.03 Å². The zero-order chi connectivity index (χ0) is 14.6. The molecule has 0 N–H and O–H groups in total. The minimum absolute atomic E-state index is 0.166. The number of aromatic nitrogens is 1. The first-order chi connectivity index (χ1) is 9.57. The number of unbranched alkanes of at least 4 members (excludes halogenated alkanes) is 1. The second-order valence-corrected chi connectivity index (χ2v) is 6.04. The van der Waals surface area contributed by atoms with Crippen LogP contribution in [0.1, 0.15) is 19.8 Å². The Balaban J connectivity index is 2.23. The molecule has 0 bridgehead atoms. The third-order valence-electron chi connectivity index (χ3n) is 2.80. The van der Waals surface area contributed by atoms with E-state index in [1.165, 1.54) is 24.4 Å². The molecule has 7 heteroatoms. The van der Waals surface area contributed by atoms with Crippen molar-refractivity contribution in [3.63, 3.8) is 0 Å². The van der Waals surface area contributed by atoms with E-state index < -0.39 is 22.2 Å². The van der Waals surface area contributed by atoms with Gasteiger partial charge in [0, 0.05) is 18.9 Å². The summed E-state index contributed by atoms with van der Waals surface area (Å²) < 4.78 is 31.0. The first-order valence-electron chi connectivity index (χ1n) is 6.36. The van der Waals surface area contributed by atoms with Crippen molar-refractivity contribution in [1.29, 1.82) is 0 Å². The SMILES string of the molecule is CCCCOC1C=CC(=O)N1S(=O)(=O)c1ccccn1. The highest BCUT2D eigenvalue weighted by Gasteiger charge is 2.38. The average Bonchev–Trinajstić information content (AvgIpc) is 2.82. The number of rotatable bonds is 6. The Hall–Kier alpha value is -1.73. The van der Waals surface area contributed by atoms with Crippen molar-refractivity contribution >= 4 is 15.9 Å². The molecule has 1 amide bonds. The van der Waals surface area contributed by atoms with Crippen LogP contribution in [-0.4, -0.2) is 36.4 Å². The summed E-state index contributed by atoms with van der Waals surface area (Å²) in [5, 5.41) is -0.166. The molecule has 20 heavy (non-hydrogen) atoms. The summed E-state index contributed by atoms with van der Waals surface area (Å²) in [6.07, 6.45) is 4.86. The van der Waals surface area contributed by atoms with Gasteiger partial charge in [-0.2, -0.15) is 12.7 Å². The Morgan fingerprint density at radius 1 is 1.40 bits per heavy atom. The lowest BCUT2D eigenvalue weighted by atomic mass is 10.4. The van der Waals surface area contributed by atoms with E-state index in [0.29, 0.717) is 6.61 Å². The topological polar surface area (TPSA) is 76.6 Å². The van der Waals surface area contributed by atoms with Gasteiger partial charge in [-0.1, -0.05) is 19.4 Å². The molecule has 0 aromatic carbocycles. The molecule has 0 aliphatic carbocycles. The summed E-state index contributed by atoms with van der Waals surface area (Å²) in [4.78, 5) is 15.6. The fourth-order valence-electron chi connectivity index (χ4n) is 1.77. The second kappa shape index (κ2) is 6.15. The monoisotopic (exact) mass is 296 g/mol. The summed E-state index contributed by atoms with van der Waals surface area (Å²) in [6.45, 7) is 2.40. The van der Waals surface area contributed by atoms with Gasteiger partial charge in [-0.05, 0) is 24.6 Å². The van der Waals surface area contributed by atoms with Gasteiger partial charge < -0.3 is 4.74 Å². The van der Waals surface area contributed by atoms with Gasteiger partial charge in [0.25, 0.3) is 15.9 Å². The van der Waals surface area contributed by atoms with Crippen LogP contribution in [0.4, 0.5) is 0 Å². The van der Waals surface area contributed by atoms with Gasteiger partial charge in [-0.25, -0.2) is 4.98 Å². The second-order valence-electron chi connectivity index (χ2n) is 4.28. The van der Waals surface area contributed by atoms with Crippen LogP contribution in [0.5, 0.6) is 0 Å². The van der Waals surface area contributed by atoms with E-state index >= 15 is 0 Å². The van der Waals surface area contributed by atoms with Gasteiger partial charge in [0.15, 0.2) is 11.3 Å². The highest BCUT2D eigenvalue weighted by Crippen LogP contribution is 2.22. The molecule has 6 nitrogen and oxygen atoms in total. The maximum Gasteiger partial charge on any atom is 0.286 e. The fraction of sp³-hybridized carbons (Fsp3) is 0.385. The maximum absolute atomic E-state index is 12.4. The average molecular weight is 296 g/mol. The van der Waals surface area contributed by atoms with Crippen LogP contribution in [0.3, 0.4) is 0 Å². The van der Waals surface area contributed by atoms with Crippen LogP contribution in [0.25, 0.3) is 0 Å². The molecule has 1 aromatic rings. The molecule has 2 heterocycles. The number of ether oxygens (including phenoxy) is 1. The van der Waals surface area contributed by atoms with Crippen molar-refractivity contribution in [2.24, 2.45) is 0 Å². The highest BCUT2D eigenvalue weighted by atomic mass is 32.2. The van der Waals surface area contributed by atoms with Crippen molar-refractivity contribution in [2.45, 2.75) is 31.0 Å². The zero-order valence-corrected chi connectivity index (χ0v) is 11.9. The van der Waals surface area contributed by atoms with Crippen molar-refractivity contribution in [2.75, 3.05) is 6.61 Å². The summed E-state index contributed by atoms with van der Waals surface area (Å²) in [5.74, 6) is -0.614. The third kappa shape index (κ3) is 2.88. The van der Waals surface area contributed by atoms with Gasteiger partial charge in [0.2, 0.25) is 0 Å². The normalized spacial score (nSPS) is 18.8. The minimum Gasteiger partial charge on any atom is -0.353 e. The molecule has 1 aromatic heterocycles. The van der Waals surface area contributed by atoms with E-state index in [9.17, 15) is 13.2 Å². The summed E-state index contributed by atoms with van der Waals surface area (Å²) in [5.41, 5.74) is 0. The zero-order valence-electron chi connectivity index (χ0n) is 11.1. The largest absolute Gasteiger partial charge is 0.353 e. The Morgan fingerprint density at radius 2 is 2.20 bits per heavy atom. The van der Waals surface area contributed by atoms with Crippen molar-refractivity contribution in [3.8, 4) is 0 Å². The Bertz CT molecular complexity index is 598. The Labute approximate surface area is 118 Å². The van der Waals surface area contributed by atoms with Crippen LogP contribution in [0.15, 0.2) is 41.6 Å². The molecular weight excluding hydrogens is 280 g/mol. The molecule has 0 saturated heterocycles. The number of carbonyl (C=O) groups excluding carboxylic acids is 1. The van der Waals surface area contributed by atoms with E-state index in [1.807, 2.05) is 6.92 Å². The van der Waals surface area contributed by atoms with Crippen LogP contribution in [-0.2, 0) is 19.6 Å². The van der Waals surface area contributed by atoms with E-state index in [0.717, 1.165) is 17.1 Å². The molecule has 0 fully saturated rings. The molecule has 1 unspecified atom stereocenters. The van der Waals surface area contributed by atoms with Crippen molar-refractivity contribution < 1.29 is 17.9 Å². The van der Waals surface area contributed by atoms with Gasteiger partial charge in [0.05, 0.1) is 0 Å². The minimum atomic E-state index is -3.99. The van der Waals surface area contributed by atoms with Gasteiger partial charge in [-0.15, -0.1) is 0 Å². The number of hydrogen-bond acceptors (Lipinski definition) is 5. The van der Waals surface area contributed by atoms with Crippen LogP contribution >= 0.6 is 0 Å². The lowest BCUT2D eigenvalue weighted by Crippen LogP contribution is -2.41. The molecular formula is C13H16N2O4S. The molecule has 0 spiro atoms. The van der Waals surface area contributed by atoms with E-state index in [1.54, 1.807) is 12.1 Å². The molecule has 0 saturated carbocycles. The number of hydrogen-bond donors (Lipinski definition) is 0. The van der Waals surface area contributed by atoms with Crippen molar-refractivity contribution in [1.82, 2.24) is 9.29 Å². The molecule has 2 rings (SSSR count). The molecule has 108 valence electrons. The lowest BCUT2D eigenvalue weighted by molar-refractivity contribution is -0.126. The first kappa shape index (κ1) is 14.7. The highest BCUT2D eigenvalue weighted by molar-refractivity contribution is 7.89. The quantitative estimate of drug-likeness (QED) is 0.740. The summed E-state index contributed by atoms with van der Waals surface area (Å²) in [6, 6.07) is 4.52. The van der Waals surface area contributed by atoms with Gasteiger partial charge in [0.1, 0.15) is 0 Å². The number of nitrogens with zero attached hydrogens (tertiary/aromatic N) is 2. The van der Waals surface area contributed by atoms with Crippen LogP contribution in [0, 0.1) is 0 Å².